The molecule has 0 bridgehead atoms. The fraction of sp³-hybridized carbons (Fsp3) is 0.286. The molecular formula is C14H18N2O3. The first kappa shape index (κ1) is 14.8. The number of carboxylic acid groups (broad SMARTS) is 1. The summed E-state index contributed by atoms with van der Waals surface area (Å²) in [7, 11) is 1.46. The molecule has 0 saturated carbocycles. The van der Waals surface area contributed by atoms with E-state index in [4.69, 9.17) is 10.8 Å². The van der Waals surface area contributed by atoms with E-state index in [1.165, 1.54) is 31.9 Å². The number of amides is 1. The van der Waals surface area contributed by atoms with Crippen LogP contribution < -0.4 is 5.73 Å². The Kier molecular flexibility index (Phi) is 4.32. The molecule has 0 fully saturated rings. The zero-order valence-electron chi connectivity index (χ0n) is 11.3. The average molecular weight is 262 g/mol. The number of aliphatic carboxylic acids is 1. The fourth-order valence-corrected chi connectivity index (χ4v) is 1.31. The zero-order valence-corrected chi connectivity index (χ0v) is 11.3. The van der Waals surface area contributed by atoms with Crippen molar-refractivity contribution in [3.05, 3.63) is 35.9 Å². The predicted molar refractivity (Wildman–Crippen MR) is 74.4 cm³/mol. The molecule has 0 spiro atoms. The van der Waals surface area contributed by atoms with Crippen LogP contribution in [0.5, 0.6) is 0 Å². The van der Waals surface area contributed by atoms with Gasteiger partial charge in [0.05, 0.1) is 0 Å². The summed E-state index contributed by atoms with van der Waals surface area (Å²) in [5.74, 6) is -1.42. The second-order valence-corrected chi connectivity index (χ2v) is 4.76. The maximum atomic E-state index is 11.9. The lowest BCUT2D eigenvalue weighted by molar-refractivity contribution is -0.153. The number of likely N-dealkylation sites (N-methyl/N-ethyl adjacent to an activating group) is 1. The van der Waals surface area contributed by atoms with Crippen LogP contribution in [0.4, 0.5) is 5.69 Å². The van der Waals surface area contributed by atoms with Crippen molar-refractivity contribution in [2.24, 2.45) is 0 Å². The number of hydrogen-bond acceptors (Lipinski definition) is 3. The Hall–Kier alpha value is -2.30. The van der Waals surface area contributed by atoms with Crippen LogP contribution in [0.1, 0.15) is 19.4 Å². The molecule has 1 aromatic rings. The highest BCUT2D eigenvalue weighted by Crippen LogP contribution is 2.14. The molecule has 19 heavy (non-hydrogen) atoms. The number of nitrogens with zero attached hydrogens (tertiary/aromatic N) is 1. The SMILES string of the molecule is CN(C(=O)/C=C/c1ccc(N)cc1)C(C)(C)C(=O)O. The highest BCUT2D eigenvalue weighted by molar-refractivity contribution is 5.95. The second-order valence-electron chi connectivity index (χ2n) is 4.76. The zero-order chi connectivity index (χ0) is 14.6. The average Bonchev–Trinajstić information content (AvgIpc) is 2.36. The standard InChI is InChI=1S/C14H18N2O3/c1-14(2,13(18)19)16(3)12(17)9-6-10-4-7-11(15)8-5-10/h4-9H,15H2,1-3H3,(H,18,19)/b9-6+. The van der Waals surface area contributed by atoms with Crippen molar-refractivity contribution < 1.29 is 14.7 Å². The van der Waals surface area contributed by atoms with Gasteiger partial charge >= 0.3 is 5.97 Å². The van der Waals surface area contributed by atoms with Gasteiger partial charge in [0.1, 0.15) is 5.54 Å². The molecule has 5 heteroatoms. The molecule has 3 N–H and O–H groups in total. The first-order valence-electron chi connectivity index (χ1n) is 5.80. The number of nitrogen functional groups attached to an aromatic ring is 1. The summed E-state index contributed by atoms with van der Waals surface area (Å²) in [5.41, 5.74) is 5.78. The van der Waals surface area contributed by atoms with Gasteiger partial charge in [-0.05, 0) is 37.6 Å². The molecule has 0 radical (unpaired) electrons. The Morgan fingerprint density at radius 2 is 1.79 bits per heavy atom. The minimum atomic E-state index is -1.25. The number of benzene rings is 1. The summed E-state index contributed by atoms with van der Waals surface area (Å²) < 4.78 is 0. The van der Waals surface area contributed by atoms with Crippen LogP contribution in [0.3, 0.4) is 0 Å². The molecule has 0 saturated heterocycles. The quantitative estimate of drug-likeness (QED) is 0.637. The molecule has 0 aromatic heterocycles. The lowest BCUT2D eigenvalue weighted by Crippen LogP contribution is -2.50. The summed E-state index contributed by atoms with van der Waals surface area (Å²) in [4.78, 5) is 24.1. The molecule has 102 valence electrons. The summed E-state index contributed by atoms with van der Waals surface area (Å²) in [6.45, 7) is 2.95. The van der Waals surface area contributed by atoms with Crippen LogP contribution in [0.15, 0.2) is 30.3 Å². The van der Waals surface area contributed by atoms with Crippen LogP contribution in [0.2, 0.25) is 0 Å². The van der Waals surface area contributed by atoms with Gasteiger partial charge in [-0.25, -0.2) is 4.79 Å². The maximum Gasteiger partial charge on any atom is 0.329 e. The minimum absolute atomic E-state index is 0.371. The molecule has 0 heterocycles. The van der Waals surface area contributed by atoms with E-state index < -0.39 is 11.5 Å². The summed E-state index contributed by atoms with van der Waals surface area (Å²) in [5, 5.41) is 9.04. The van der Waals surface area contributed by atoms with E-state index in [-0.39, 0.29) is 5.91 Å². The lowest BCUT2D eigenvalue weighted by Gasteiger charge is -2.30. The maximum absolute atomic E-state index is 11.9. The molecule has 1 aromatic carbocycles. The number of nitrogens with two attached hydrogens (primary N) is 1. The number of anilines is 1. The van der Waals surface area contributed by atoms with Gasteiger partial charge in [-0.15, -0.1) is 0 Å². The summed E-state index contributed by atoms with van der Waals surface area (Å²) >= 11 is 0. The van der Waals surface area contributed by atoms with Crippen molar-refractivity contribution in [2.75, 3.05) is 12.8 Å². The van der Waals surface area contributed by atoms with Crippen LogP contribution in [0, 0.1) is 0 Å². The van der Waals surface area contributed by atoms with E-state index >= 15 is 0 Å². The summed E-state index contributed by atoms with van der Waals surface area (Å²) in [6, 6.07) is 7.02. The van der Waals surface area contributed by atoms with Gasteiger partial charge < -0.3 is 15.7 Å². The third kappa shape index (κ3) is 3.58. The van der Waals surface area contributed by atoms with Gasteiger partial charge in [0, 0.05) is 18.8 Å². The van der Waals surface area contributed by atoms with Gasteiger partial charge in [-0.2, -0.15) is 0 Å². The van der Waals surface area contributed by atoms with Gasteiger partial charge in [0.15, 0.2) is 0 Å². The van der Waals surface area contributed by atoms with Crippen molar-refractivity contribution in [2.45, 2.75) is 19.4 Å². The van der Waals surface area contributed by atoms with Crippen LogP contribution >= 0.6 is 0 Å². The van der Waals surface area contributed by atoms with E-state index in [9.17, 15) is 9.59 Å². The lowest BCUT2D eigenvalue weighted by atomic mass is 10.0. The molecule has 0 aliphatic heterocycles. The smallest absolute Gasteiger partial charge is 0.329 e. The number of carbonyl (C=O) groups excluding carboxylic acids is 1. The largest absolute Gasteiger partial charge is 0.480 e. The Morgan fingerprint density at radius 3 is 2.26 bits per heavy atom. The van der Waals surface area contributed by atoms with E-state index in [1.807, 2.05) is 0 Å². The molecule has 1 amide bonds. The van der Waals surface area contributed by atoms with Crippen molar-refractivity contribution in [3.8, 4) is 0 Å². The molecule has 1 rings (SSSR count). The van der Waals surface area contributed by atoms with Gasteiger partial charge in [0.2, 0.25) is 5.91 Å². The number of rotatable bonds is 4. The highest BCUT2D eigenvalue weighted by Gasteiger charge is 2.34. The number of carbonyl (C=O) groups is 2. The van der Waals surface area contributed by atoms with Crippen molar-refractivity contribution in [3.63, 3.8) is 0 Å². The topological polar surface area (TPSA) is 83.6 Å². The molecule has 0 atom stereocenters. The Labute approximate surface area is 112 Å². The van der Waals surface area contributed by atoms with Crippen molar-refractivity contribution in [1.29, 1.82) is 0 Å². The second kappa shape index (κ2) is 5.56. The highest BCUT2D eigenvalue weighted by atomic mass is 16.4. The van der Waals surface area contributed by atoms with Crippen LogP contribution in [0.25, 0.3) is 6.08 Å². The van der Waals surface area contributed by atoms with Gasteiger partial charge in [-0.1, -0.05) is 12.1 Å². The van der Waals surface area contributed by atoms with Gasteiger partial charge in [0.25, 0.3) is 0 Å². The third-order valence-corrected chi connectivity index (χ3v) is 3.05. The first-order chi connectivity index (χ1) is 8.75. The van der Waals surface area contributed by atoms with E-state index in [1.54, 1.807) is 30.3 Å². The first-order valence-corrected chi connectivity index (χ1v) is 5.80. The molecule has 5 nitrogen and oxygen atoms in total. The Morgan fingerprint density at radius 1 is 1.26 bits per heavy atom. The Bertz CT molecular complexity index is 504. The van der Waals surface area contributed by atoms with Gasteiger partial charge in [-0.3, -0.25) is 4.79 Å². The van der Waals surface area contributed by atoms with E-state index in [0.717, 1.165) is 5.56 Å². The molecular weight excluding hydrogens is 244 g/mol. The van der Waals surface area contributed by atoms with Crippen LogP contribution in [-0.2, 0) is 9.59 Å². The van der Waals surface area contributed by atoms with E-state index in [0.29, 0.717) is 5.69 Å². The monoisotopic (exact) mass is 262 g/mol. The molecule has 0 aliphatic rings. The minimum Gasteiger partial charge on any atom is -0.480 e. The van der Waals surface area contributed by atoms with Crippen molar-refractivity contribution >= 4 is 23.6 Å². The molecule has 0 aliphatic carbocycles. The van der Waals surface area contributed by atoms with E-state index in [2.05, 4.69) is 0 Å². The Balaban J connectivity index is 2.80. The predicted octanol–water partition coefficient (Wildman–Crippen LogP) is 1.60. The normalized spacial score (nSPS) is 11.5. The summed E-state index contributed by atoms with van der Waals surface area (Å²) in [6.07, 6.45) is 2.96. The third-order valence-electron chi connectivity index (χ3n) is 3.05. The number of hydrogen-bond donors (Lipinski definition) is 2. The van der Waals surface area contributed by atoms with Crippen molar-refractivity contribution in [1.82, 2.24) is 4.90 Å². The fourth-order valence-electron chi connectivity index (χ4n) is 1.31. The molecule has 0 unspecified atom stereocenters. The van der Waals surface area contributed by atoms with Crippen LogP contribution in [-0.4, -0.2) is 34.5 Å². The number of carboxylic acids is 1.